The molecule has 0 spiro atoms. The number of carbonyl (C=O) groups is 1. The van der Waals surface area contributed by atoms with Crippen molar-refractivity contribution in [2.24, 2.45) is 0 Å². The molecule has 3 rings (SSSR count). The van der Waals surface area contributed by atoms with Gasteiger partial charge in [-0.3, -0.25) is 9.52 Å². The zero-order chi connectivity index (χ0) is 19.2. The second kappa shape index (κ2) is 6.87. The van der Waals surface area contributed by atoms with E-state index in [9.17, 15) is 13.2 Å². The summed E-state index contributed by atoms with van der Waals surface area (Å²) in [5.41, 5.74) is 2.48. The lowest BCUT2D eigenvalue weighted by atomic mass is 10.1. The highest BCUT2D eigenvalue weighted by Gasteiger charge is 2.35. The quantitative estimate of drug-likeness (QED) is 0.737. The van der Waals surface area contributed by atoms with Crippen LogP contribution in [-0.2, 0) is 21.2 Å². The summed E-state index contributed by atoms with van der Waals surface area (Å²) in [5.74, 6) is -0.191. The molecule has 26 heavy (non-hydrogen) atoms. The Kier molecular flexibility index (Phi) is 5.07. The summed E-state index contributed by atoms with van der Waals surface area (Å²) in [4.78, 5) is 13.7. The Morgan fingerprint density at radius 1 is 1.31 bits per heavy atom. The highest BCUT2D eigenvalue weighted by molar-refractivity contribution is 9.10. The van der Waals surface area contributed by atoms with Crippen LogP contribution in [0.1, 0.15) is 25.0 Å². The molecule has 5 nitrogen and oxygen atoms in total. The van der Waals surface area contributed by atoms with Crippen molar-refractivity contribution in [1.29, 1.82) is 0 Å². The molecule has 0 fully saturated rings. The zero-order valence-corrected chi connectivity index (χ0v) is 17.7. The lowest BCUT2D eigenvalue weighted by Crippen LogP contribution is -2.34. The van der Waals surface area contributed by atoms with Crippen LogP contribution in [0.2, 0.25) is 5.02 Å². The van der Waals surface area contributed by atoms with Crippen molar-refractivity contribution in [3.8, 4) is 0 Å². The predicted molar refractivity (Wildman–Crippen MR) is 107 cm³/mol. The number of hydrogen-bond acceptors (Lipinski definition) is 3. The Bertz CT molecular complexity index is 1010. The van der Waals surface area contributed by atoms with Crippen LogP contribution < -0.4 is 9.62 Å². The van der Waals surface area contributed by atoms with Gasteiger partial charge in [-0.05, 0) is 55.7 Å². The van der Waals surface area contributed by atoms with E-state index in [-0.39, 0.29) is 16.8 Å². The maximum Gasteiger partial charge on any atom is 0.264 e. The Morgan fingerprint density at radius 3 is 2.62 bits per heavy atom. The molecule has 1 amide bonds. The number of nitrogens with zero attached hydrogens (tertiary/aromatic N) is 1. The van der Waals surface area contributed by atoms with Gasteiger partial charge in [-0.2, -0.15) is 0 Å². The standard InChI is InChI=1S/C18H18BrClN2O3S/c1-10-4-5-16(15(20)6-10)21-26(24,25)17-9-14(19)8-13-7-11(2)22(12(3)23)18(13)17/h4-6,8-9,11,21H,7H2,1-3H3/t11-/m1/s1. The number of hydrogen-bond donors (Lipinski definition) is 1. The van der Waals surface area contributed by atoms with Crippen LogP contribution in [0.4, 0.5) is 11.4 Å². The molecule has 0 aliphatic carbocycles. The number of aryl methyl sites for hydroxylation is 1. The molecule has 0 unspecified atom stereocenters. The third-order valence-electron chi connectivity index (χ3n) is 4.31. The molecule has 0 aromatic heterocycles. The molecule has 0 saturated carbocycles. The van der Waals surface area contributed by atoms with Gasteiger partial charge in [0.05, 0.1) is 16.4 Å². The van der Waals surface area contributed by atoms with Crippen molar-refractivity contribution in [3.63, 3.8) is 0 Å². The molecule has 2 aromatic rings. The van der Waals surface area contributed by atoms with E-state index in [1.54, 1.807) is 18.2 Å². The second-order valence-corrected chi connectivity index (χ2v) is 9.42. The number of carbonyl (C=O) groups excluding carboxylic acids is 1. The van der Waals surface area contributed by atoms with Gasteiger partial charge in [0, 0.05) is 17.4 Å². The van der Waals surface area contributed by atoms with Gasteiger partial charge in [0.1, 0.15) is 4.90 Å². The van der Waals surface area contributed by atoms with Gasteiger partial charge in [0.2, 0.25) is 5.91 Å². The largest absolute Gasteiger partial charge is 0.308 e. The van der Waals surface area contributed by atoms with Crippen molar-refractivity contribution < 1.29 is 13.2 Å². The minimum absolute atomic E-state index is 0.0538. The van der Waals surface area contributed by atoms with E-state index in [4.69, 9.17) is 11.6 Å². The first-order chi connectivity index (χ1) is 12.1. The molecule has 1 atom stereocenters. The first-order valence-electron chi connectivity index (χ1n) is 8.01. The van der Waals surface area contributed by atoms with E-state index in [0.29, 0.717) is 27.3 Å². The van der Waals surface area contributed by atoms with E-state index < -0.39 is 10.0 Å². The highest BCUT2D eigenvalue weighted by Crippen LogP contribution is 2.41. The fraction of sp³-hybridized carbons (Fsp3) is 0.278. The van der Waals surface area contributed by atoms with Gasteiger partial charge < -0.3 is 4.90 Å². The first-order valence-corrected chi connectivity index (χ1v) is 10.7. The Hall–Kier alpha value is -1.57. The Labute approximate surface area is 166 Å². The number of amides is 1. The molecular weight excluding hydrogens is 440 g/mol. The zero-order valence-electron chi connectivity index (χ0n) is 14.5. The maximum atomic E-state index is 13.1. The second-order valence-electron chi connectivity index (χ2n) is 6.44. The fourth-order valence-corrected chi connectivity index (χ4v) is 5.60. The molecular formula is C18H18BrClN2O3S. The lowest BCUT2D eigenvalue weighted by molar-refractivity contribution is -0.116. The summed E-state index contributed by atoms with van der Waals surface area (Å²) >= 11 is 9.55. The van der Waals surface area contributed by atoms with Crippen molar-refractivity contribution in [2.45, 2.75) is 38.1 Å². The van der Waals surface area contributed by atoms with E-state index in [1.807, 2.05) is 19.9 Å². The van der Waals surface area contributed by atoms with Crippen LogP contribution in [-0.4, -0.2) is 20.4 Å². The van der Waals surface area contributed by atoms with Gasteiger partial charge in [0.15, 0.2) is 0 Å². The fourth-order valence-electron chi connectivity index (χ4n) is 3.26. The summed E-state index contributed by atoms with van der Waals surface area (Å²) < 4.78 is 29.4. The summed E-state index contributed by atoms with van der Waals surface area (Å²) in [7, 11) is -3.94. The van der Waals surface area contributed by atoms with Crippen LogP contribution in [0.3, 0.4) is 0 Å². The van der Waals surface area contributed by atoms with Crippen LogP contribution in [0.5, 0.6) is 0 Å². The Balaban J connectivity index is 2.13. The summed E-state index contributed by atoms with van der Waals surface area (Å²) in [6.45, 7) is 5.21. The van der Waals surface area contributed by atoms with Crippen molar-refractivity contribution in [3.05, 3.63) is 51.0 Å². The third-order valence-corrected chi connectivity index (χ3v) is 6.46. The van der Waals surface area contributed by atoms with E-state index in [0.717, 1.165) is 11.1 Å². The summed E-state index contributed by atoms with van der Waals surface area (Å²) in [6, 6.07) is 8.35. The Morgan fingerprint density at radius 2 is 2.00 bits per heavy atom. The average molecular weight is 458 g/mol. The van der Waals surface area contributed by atoms with Crippen molar-refractivity contribution in [1.82, 2.24) is 0 Å². The molecule has 8 heteroatoms. The van der Waals surface area contributed by atoms with Gasteiger partial charge in [-0.1, -0.05) is 33.6 Å². The molecule has 0 saturated heterocycles. The number of anilines is 2. The van der Waals surface area contributed by atoms with Crippen LogP contribution in [0.15, 0.2) is 39.7 Å². The highest BCUT2D eigenvalue weighted by atomic mass is 79.9. The topological polar surface area (TPSA) is 66.5 Å². The summed E-state index contributed by atoms with van der Waals surface area (Å²) in [5, 5.41) is 0.317. The van der Waals surface area contributed by atoms with Crippen molar-refractivity contribution in [2.75, 3.05) is 9.62 Å². The molecule has 1 N–H and O–H groups in total. The number of halogens is 2. The average Bonchev–Trinajstić information content (AvgIpc) is 2.84. The molecule has 2 aromatic carbocycles. The predicted octanol–water partition coefficient (Wildman–Crippen LogP) is 4.51. The van der Waals surface area contributed by atoms with Gasteiger partial charge in [-0.25, -0.2) is 8.42 Å². The number of rotatable bonds is 3. The first kappa shape index (κ1) is 19.2. The minimum atomic E-state index is -3.94. The van der Waals surface area contributed by atoms with Crippen LogP contribution >= 0.6 is 27.5 Å². The number of fused-ring (bicyclic) bond motifs is 1. The summed E-state index contributed by atoms with van der Waals surface area (Å²) in [6.07, 6.45) is 0.599. The number of benzene rings is 2. The molecule has 1 heterocycles. The van der Waals surface area contributed by atoms with E-state index in [1.165, 1.54) is 17.9 Å². The van der Waals surface area contributed by atoms with Crippen molar-refractivity contribution >= 4 is 54.8 Å². The number of sulfonamides is 1. The van der Waals surface area contributed by atoms with Crippen LogP contribution in [0, 0.1) is 6.92 Å². The van der Waals surface area contributed by atoms with Crippen LogP contribution in [0.25, 0.3) is 0 Å². The van der Waals surface area contributed by atoms with E-state index >= 15 is 0 Å². The molecule has 1 aliphatic rings. The molecule has 0 radical (unpaired) electrons. The van der Waals surface area contributed by atoms with Gasteiger partial charge >= 0.3 is 0 Å². The van der Waals surface area contributed by atoms with E-state index in [2.05, 4.69) is 20.7 Å². The molecule has 138 valence electrons. The smallest absolute Gasteiger partial charge is 0.264 e. The maximum absolute atomic E-state index is 13.1. The SMILES string of the molecule is CC(=O)N1c2c(cc(Br)cc2S(=O)(=O)Nc2ccc(C)cc2Cl)C[C@H]1C. The number of nitrogens with one attached hydrogen (secondary N) is 1. The normalized spacial score (nSPS) is 16.5. The molecule has 1 aliphatic heterocycles. The minimum Gasteiger partial charge on any atom is -0.308 e. The third kappa shape index (κ3) is 3.48. The molecule has 0 bridgehead atoms. The van der Waals surface area contributed by atoms with Gasteiger partial charge in [0.25, 0.3) is 10.0 Å². The lowest BCUT2D eigenvalue weighted by Gasteiger charge is -2.23. The van der Waals surface area contributed by atoms with Gasteiger partial charge in [-0.15, -0.1) is 0 Å². The monoisotopic (exact) mass is 456 g/mol.